The Bertz CT molecular complexity index is 946. The topological polar surface area (TPSA) is 124 Å². The Balaban J connectivity index is 1.69. The van der Waals surface area contributed by atoms with Gasteiger partial charge >= 0.3 is 0 Å². The third kappa shape index (κ3) is 4.35. The third-order valence-electron chi connectivity index (χ3n) is 3.35. The van der Waals surface area contributed by atoms with Crippen molar-refractivity contribution in [1.82, 2.24) is 10.2 Å². The Morgan fingerprint density at radius 3 is 2.69 bits per heavy atom. The maximum Gasteiger partial charge on any atom is 0.274 e. The molecule has 0 aliphatic carbocycles. The fourth-order valence-corrected chi connectivity index (χ4v) is 3.88. The number of thioether (sulfide) groups is 1. The molecule has 132 valence electrons. The van der Waals surface area contributed by atoms with Crippen molar-refractivity contribution in [3.8, 4) is 0 Å². The van der Waals surface area contributed by atoms with Crippen molar-refractivity contribution >= 4 is 45.5 Å². The first kappa shape index (κ1) is 17.8. The van der Waals surface area contributed by atoms with Crippen molar-refractivity contribution in [1.29, 1.82) is 0 Å². The molecule has 0 atom stereocenters. The number of nitrogens with two attached hydrogens (primary N) is 1. The van der Waals surface area contributed by atoms with E-state index in [-0.39, 0.29) is 11.3 Å². The van der Waals surface area contributed by atoms with Crippen LogP contribution in [0.25, 0.3) is 0 Å². The summed E-state index contributed by atoms with van der Waals surface area (Å²) in [6.07, 6.45) is 0. The van der Waals surface area contributed by atoms with Gasteiger partial charge in [0.25, 0.3) is 5.69 Å². The molecule has 10 heteroatoms. The lowest BCUT2D eigenvalue weighted by Crippen LogP contribution is -2.11. The number of hydrogen-bond donors (Lipinski definition) is 2. The molecule has 8 nitrogen and oxygen atoms in total. The molecule has 1 heterocycles. The van der Waals surface area contributed by atoms with Gasteiger partial charge in [0, 0.05) is 28.6 Å². The maximum atomic E-state index is 11.2. The monoisotopic (exact) mass is 387 g/mol. The molecule has 0 saturated carbocycles. The summed E-state index contributed by atoms with van der Waals surface area (Å²) in [5, 5.41) is 23.1. The summed E-state index contributed by atoms with van der Waals surface area (Å²) >= 11 is 2.69. The van der Waals surface area contributed by atoms with E-state index in [9.17, 15) is 14.9 Å². The van der Waals surface area contributed by atoms with E-state index >= 15 is 0 Å². The first-order chi connectivity index (χ1) is 12.5. The smallest absolute Gasteiger partial charge is 0.274 e. The Labute approximate surface area is 156 Å². The highest BCUT2D eigenvalue weighted by Gasteiger charge is 2.17. The molecule has 26 heavy (non-hydrogen) atoms. The first-order valence-corrected chi connectivity index (χ1v) is 9.18. The number of nitro groups is 1. The van der Waals surface area contributed by atoms with E-state index in [2.05, 4.69) is 15.5 Å². The number of benzene rings is 2. The number of carbonyl (C=O) groups is 1. The normalized spacial score (nSPS) is 10.5. The van der Waals surface area contributed by atoms with Gasteiger partial charge in [-0.2, -0.15) is 0 Å². The molecule has 3 aromatic rings. The molecule has 3 N–H and O–H groups in total. The van der Waals surface area contributed by atoms with Crippen LogP contribution in [0.3, 0.4) is 0 Å². The molecule has 0 fully saturated rings. The summed E-state index contributed by atoms with van der Waals surface area (Å²) in [6.45, 7) is 0. The van der Waals surface area contributed by atoms with E-state index in [1.807, 2.05) is 30.3 Å². The van der Waals surface area contributed by atoms with Gasteiger partial charge in [-0.05, 0) is 18.2 Å². The van der Waals surface area contributed by atoms with E-state index in [0.717, 1.165) is 5.69 Å². The number of carbonyl (C=O) groups excluding carboxylic acids is 1. The highest BCUT2D eigenvalue weighted by molar-refractivity contribution is 8.00. The minimum Gasteiger partial charge on any atom is -0.366 e. The molecular formula is C16H13N5O3S2. The van der Waals surface area contributed by atoms with Gasteiger partial charge in [0.1, 0.15) is 0 Å². The highest BCUT2D eigenvalue weighted by Crippen LogP contribution is 2.32. The number of anilines is 2. The quantitative estimate of drug-likeness (QED) is 0.361. The molecule has 1 aromatic heterocycles. The molecule has 0 bridgehead atoms. The number of nitrogens with zero attached hydrogens (tertiary/aromatic N) is 3. The fourth-order valence-electron chi connectivity index (χ4n) is 2.11. The van der Waals surface area contributed by atoms with Gasteiger partial charge in [0.2, 0.25) is 11.0 Å². The maximum absolute atomic E-state index is 11.2. The molecule has 3 rings (SSSR count). The van der Waals surface area contributed by atoms with E-state index in [1.165, 1.54) is 41.3 Å². The van der Waals surface area contributed by atoms with Crippen molar-refractivity contribution < 1.29 is 9.72 Å². The Morgan fingerprint density at radius 1 is 1.23 bits per heavy atom. The van der Waals surface area contributed by atoms with Crippen LogP contribution in [0, 0.1) is 10.1 Å². The average molecular weight is 387 g/mol. The van der Waals surface area contributed by atoms with Gasteiger partial charge < -0.3 is 11.1 Å². The van der Waals surface area contributed by atoms with Gasteiger partial charge in [-0.1, -0.05) is 47.4 Å². The molecule has 0 radical (unpaired) electrons. The van der Waals surface area contributed by atoms with Crippen molar-refractivity contribution in [2.75, 3.05) is 5.32 Å². The van der Waals surface area contributed by atoms with E-state index in [1.54, 1.807) is 0 Å². The summed E-state index contributed by atoms with van der Waals surface area (Å²) in [7, 11) is 0. The lowest BCUT2D eigenvalue weighted by Gasteiger charge is -2.03. The van der Waals surface area contributed by atoms with E-state index < -0.39 is 10.8 Å². The largest absolute Gasteiger partial charge is 0.366 e. The Kier molecular flexibility index (Phi) is 5.44. The predicted octanol–water partition coefficient (Wildman–Crippen LogP) is 3.58. The lowest BCUT2D eigenvalue weighted by molar-refractivity contribution is -0.385. The SMILES string of the molecule is NC(=O)c1ccc(CSc2nnc(Nc3ccccc3)s2)c([N+](=O)[O-])c1. The molecule has 1 amide bonds. The van der Waals surface area contributed by atoms with Crippen LogP contribution < -0.4 is 11.1 Å². The van der Waals surface area contributed by atoms with Crippen LogP contribution in [0.2, 0.25) is 0 Å². The molecule has 0 unspecified atom stereocenters. The number of rotatable bonds is 7. The molecule has 0 spiro atoms. The van der Waals surface area contributed by atoms with Crippen LogP contribution in [0.5, 0.6) is 0 Å². The van der Waals surface area contributed by atoms with Crippen LogP contribution in [0.1, 0.15) is 15.9 Å². The van der Waals surface area contributed by atoms with Crippen LogP contribution in [-0.4, -0.2) is 21.0 Å². The van der Waals surface area contributed by atoms with Crippen LogP contribution in [-0.2, 0) is 5.75 Å². The zero-order chi connectivity index (χ0) is 18.5. The third-order valence-corrected chi connectivity index (χ3v) is 5.37. The minimum absolute atomic E-state index is 0.107. The zero-order valence-electron chi connectivity index (χ0n) is 13.3. The van der Waals surface area contributed by atoms with Gasteiger partial charge in [0.15, 0.2) is 4.34 Å². The summed E-state index contributed by atoms with van der Waals surface area (Å²) in [5.41, 5.74) is 6.53. The Hall–Kier alpha value is -2.98. The van der Waals surface area contributed by atoms with Crippen molar-refractivity contribution in [3.63, 3.8) is 0 Å². The second kappa shape index (κ2) is 7.93. The van der Waals surface area contributed by atoms with E-state index in [4.69, 9.17) is 5.73 Å². The number of hydrogen-bond acceptors (Lipinski definition) is 8. The number of nitrogens with one attached hydrogen (secondary N) is 1. The van der Waals surface area contributed by atoms with Crippen LogP contribution in [0.4, 0.5) is 16.5 Å². The number of aromatic nitrogens is 2. The molecule has 0 aliphatic heterocycles. The standard InChI is InChI=1S/C16H13N5O3S2/c17-14(22)10-6-7-11(13(8-10)21(23)24)9-25-16-20-19-15(26-16)18-12-4-2-1-3-5-12/h1-8H,9H2,(H2,17,22)(H,18,19). The van der Waals surface area contributed by atoms with Crippen LogP contribution >= 0.6 is 23.1 Å². The lowest BCUT2D eigenvalue weighted by atomic mass is 10.1. The van der Waals surface area contributed by atoms with Crippen LogP contribution in [0.15, 0.2) is 52.9 Å². The van der Waals surface area contributed by atoms with Crippen molar-refractivity contribution in [3.05, 3.63) is 69.8 Å². The van der Waals surface area contributed by atoms with Gasteiger partial charge in [-0.25, -0.2) is 0 Å². The number of para-hydroxylation sites is 1. The first-order valence-electron chi connectivity index (χ1n) is 7.38. The van der Waals surface area contributed by atoms with E-state index in [0.29, 0.717) is 20.8 Å². The molecule has 0 aliphatic rings. The van der Waals surface area contributed by atoms with Gasteiger partial charge in [-0.15, -0.1) is 10.2 Å². The summed E-state index contributed by atoms with van der Waals surface area (Å²) in [6, 6.07) is 13.8. The molecular weight excluding hydrogens is 374 g/mol. The molecule has 2 aromatic carbocycles. The predicted molar refractivity (Wildman–Crippen MR) is 101 cm³/mol. The fraction of sp³-hybridized carbons (Fsp3) is 0.0625. The highest BCUT2D eigenvalue weighted by atomic mass is 32.2. The van der Waals surface area contributed by atoms with Gasteiger partial charge in [-0.3, -0.25) is 14.9 Å². The molecule has 0 saturated heterocycles. The van der Waals surface area contributed by atoms with Crippen molar-refractivity contribution in [2.24, 2.45) is 5.73 Å². The number of amides is 1. The number of primary amides is 1. The van der Waals surface area contributed by atoms with Gasteiger partial charge in [0.05, 0.1) is 4.92 Å². The zero-order valence-corrected chi connectivity index (χ0v) is 14.9. The summed E-state index contributed by atoms with van der Waals surface area (Å²) < 4.78 is 0.678. The second-order valence-corrected chi connectivity index (χ2v) is 7.32. The minimum atomic E-state index is -0.701. The average Bonchev–Trinajstić information content (AvgIpc) is 3.08. The summed E-state index contributed by atoms with van der Waals surface area (Å²) in [4.78, 5) is 21.9. The van der Waals surface area contributed by atoms with Crippen molar-refractivity contribution in [2.45, 2.75) is 10.1 Å². The number of nitro benzene ring substituents is 1. The second-order valence-electron chi connectivity index (χ2n) is 5.12. The Morgan fingerprint density at radius 2 is 2.00 bits per heavy atom. The summed E-state index contributed by atoms with van der Waals surface area (Å²) in [5.74, 6) is -0.372.